The van der Waals surface area contributed by atoms with Gasteiger partial charge in [0, 0.05) is 16.5 Å². The van der Waals surface area contributed by atoms with E-state index < -0.39 is 7.12 Å². The van der Waals surface area contributed by atoms with Gasteiger partial charge in [-0.2, -0.15) is 0 Å². The maximum atomic E-state index is 9.24. The van der Waals surface area contributed by atoms with Gasteiger partial charge in [-0.05, 0) is 18.6 Å². The van der Waals surface area contributed by atoms with E-state index in [1.807, 2.05) is 19.1 Å². The van der Waals surface area contributed by atoms with Crippen LogP contribution in [0.4, 0.5) is 0 Å². The zero-order chi connectivity index (χ0) is 10.1. The summed E-state index contributed by atoms with van der Waals surface area (Å²) >= 11 is 1.57. The van der Waals surface area contributed by atoms with Crippen molar-refractivity contribution in [1.82, 2.24) is 4.98 Å². The molecular weight excluding hydrogens is 197 g/mol. The van der Waals surface area contributed by atoms with Crippen LogP contribution in [0.25, 0.3) is 10.2 Å². The van der Waals surface area contributed by atoms with Crippen LogP contribution in [0.1, 0.15) is 11.8 Å². The van der Waals surface area contributed by atoms with E-state index in [1.54, 1.807) is 17.5 Å². The highest BCUT2D eigenvalue weighted by Gasteiger charge is 2.21. The van der Waals surface area contributed by atoms with Gasteiger partial charge in [0.05, 0.1) is 10.2 Å². The van der Waals surface area contributed by atoms with Crippen LogP contribution in [0, 0.1) is 0 Å². The second kappa shape index (κ2) is 3.69. The van der Waals surface area contributed by atoms with E-state index in [0.29, 0.717) is 11.0 Å². The lowest BCUT2D eigenvalue weighted by atomic mass is 9.79. The minimum atomic E-state index is -1.42. The summed E-state index contributed by atoms with van der Waals surface area (Å²) in [5.74, 6) is 0. The molecule has 0 unspecified atom stereocenters. The van der Waals surface area contributed by atoms with Gasteiger partial charge in [-0.1, -0.05) is 6.92 Å². The monoisotopic (exact) mass is 207 g/mol. The first-order valence-electron chi connectivity index (χ1n) is 4.46. The SMILES string of the molecule is CCc1sc2cccnc2c1B(O)O. The average Bonchev–Trinajstić information content (AvgIpc) is 2.55. The maximum absolute atomic E-state index is 9.24. The Morgan fingerprint density at radius 3 is 2.93 bits per heavy atom. The summed E-state index contributed by atoms with van der Waals surface area (Å²) in [5.41, 5.74) is 1.28. The lowest BCUT2D eigenvalue weighted by Gasteiger charge is -1.98. The molecule has 2 aromatic rings. The van der Waals surface area contributed by atoms with E-state index in [4.69, 9.17) is 0 Å². The fraction of sp³-hybridized carbons (Fsp3) is 0.222. The van der Waals surface area contributed by atoms with Crippen LogP contribution in [0.2, 0.25) is 0 Å². The average molecular weight is 207 g/mol. The van der Waals surface area contributed by atoms with Crippen molar-refractivity contribution in [2.24, 2.45) is 0 Å². The molecule has 0 aliphatic heterocycles. The zero-order valence-corrected chi connectivity index (χ0v) is 8.58. The Morgan fingerprint density at radius 1 is 1.50 bits per heavy atom. The lowest BCUT2D eigenvalue weighted by molar-refractivity contribution is 0.426. The van der Waals surface area contributed by atoms with Gasteiger partial charge in [0.25, 0.3) is 0 Å². The van der Waals surface area contributed by atoms with Gasteiger partial charge in [-0.25, -0.2) is 0 Å². The molecule has 2 heterocycles. The van der Waals surface area contributed by atoms with Crippen LogP contribution in [0.5, 0.6) is 0 Å². The first-order valence-corrected chi connectivity index (χ1v) is 5.28. The summed E-state index contributed by atoms with van der Waals surface area (Å²) in [4.78, 5) is 5.16. The summed E-state index contributed by atoms with van der Waals surface area (Å²) in [6, 6.07) is 3.80. The number of pyridine rings is 1. The van der Waals surface area contributed by atoms with Crippen LogP contribution in [-0.4, -0.2) is 22.2 Å². The second-order valence-corrected chi connectivity index (χ2v) is 4.15. The van der Waals surface area contributed by atoms with Gasteiger partial charge in [0.2, 0.25) is 0 Å². The molecule has 2 N–H and O–H groups in total. The van der Waals surface area contributed by atoms with E-state index in [1.165, 1.54) is 0 Å². The molecule has 0 saturated carbocycles. The molecule has 2 rings (SSSR count). The molecule has 0 bridgehead atoms. The highest BCUT2D eigenvalue weighted by molar-refractivity contribution is 7.20. The van der Waals surface area contributed by atoms with Gasteiger partial charge < -0.3 is 10.0 Å². The Kier molecular flexibility index (Phi) is 2.54. The first-order chi connectivity index (χ1) is 6.74. The van der Waals surface area contributed by atoms with E-state index in [2.05, 4.69) is 4.98 Å². The summed E-state index contributed by atoms with van der Waals surface area (Å²) in [5, 5.41) is 18.5. The van der Waals surface area contributed by atoms with Crippen molar-refractivity contribution < 1.29 is 10.0 Å². The Morgan fingerprint density at radius 2 is 2.29 bits per heavy atom. The topological polar surface area (TPSA) is 53.4 Å². The number of aryl methyl sites for hydroxylation is 1. The zero-order valence-electron chi connectivity index (χ0n) is 7.77. The van der Waals surface area contributed by atoms with Gasteiger partial charge in [0.15, 0.2) is 0 Å². The first kappa shape index (κ1) is 9.64. The highest BCUT2D eigenvalue weighted by atomic mass is 32.1. The molecule has 72 valence electrons. The fourth-order valence-corrected chi connectivity index (χ4v) is 2.65. The molecule has 3 nitrogen and oxygen atoms in total. The van der Waals surface area contributed by atoms with E-state index in [0.717, 1.165) is 16.0 Å². The number of fused-ring (bicyclic) bond motifs is 1. The summed E-state index contributed by atoms with van der Waals surface area (Å²) in [6.07, 6.45) is 2.47. The van der Waals surface area contributed by atoms with Crippen molar-refractivity contribution in [1.29, 1.82) is 0 Å². The van der Waals surface area contributed by atoms with Crippen molar-refractivity contribution in [3.63, 3.8) is 0 Å². The quantitative estimate of drug-likeness (QED) is 0.706. The van der Waals surface area contributed by atoms with Gasteiger partial charge in [-0.3, -0.25) is 4.98 Å². The molecule has 0 aliphatic carbocycles. The third kappa shape index (κ3) is 1.43. The molecule has 0 spiro atoms. The molecular formula is C9H10BNO2S. The Hall–Kier alpha value is -0.905. The Bertz CT molecular complexity index is 455. The smallest absolute Gasteiger partial charge is 0.423 e. The predicted octanol–water partition coefficient (Wildman–Crippen LogP) is 0.538. The standard InChI is InChI=1S/C9H10BNO2S/c1-2-6-8(10(12)13)9-7(14-6)4-3-5-11-9/h3-5,12-13H,2H2,1H3. The van der Waals surface area contributed by atoms with Gasteiger partial charge in [-0.15, -0.1) is 11.3 Å². The van der Waals surface area contributed by atoms with Gasteiger partial charge >= 0.3 is 7.12 Å². The number of aromatic nitrogens is 1. The van der Waals surface area contributed by atoms with Crippen molar-refractivity contribution in [3.8, 4) is 0 Å². The minimum Gasteiger partial charge on any atom is -0.423 e. The number of rotatable bonds is 2. The third-order valence-electron chi connectivity index (χ3n) is 2.14. The molecule has 0 radical (unpaired) electrons. The Labute approximate surface area is 86.2 Å². The molecule has 0 atom stereocenters. The lowest BCUT2D eigenvalue weighted by Crippen LogP contribution is -2.32. The molecule has 0 aliphatic rings. The number of hydrogen-bond acceptors (Lipinski definition) is 4. The maximum Gasteiger partial charge on any atom is 0.491 e. The summed E-state index contributed by atoms with van der Waals surface area (Å²) < 4.78 is 1.01. The predicted molar refractivity (Wildman–Crippen MR) is 58.8 cm³/mol. The van der Waals surface area contributed by atoms with E-state index in [-0.39, 0.29) is 0 Å². The van der Waals surface area contributed by atoms with Crippen LogP contribution in [0.15, 0.2) is 18.3 Å². The molecule has 14 heavy (non-hydrogen) atoms. The molecule has 2 aromatic heterocycles. The number of hydrogen-bond donors (Lipinski definition) is 2. The van der Waals surface area contributed by atoms with Crippen LogP contribution >= 0.6 is 11.3 Å². The van der Waals surface area contributed by atoms with Crippen molar-refractivity contribution in [3.05, 3.63) is 23.2 Å². The molecule has 5 heteroatoms. The van der Waals surface area contributed by atoms with Crippen molar-refractivity contribution >= 4 is 34.1 Å². The van der Waals surface area contributed by atoms with E-state index in [9.17, 15) is 10.0 Å². The Balaban J connectivity index is 2.74. The molecule has 0 amide bonds. The minimum absolute atomic E-state index is 0.563. The van der Waals surface area contributed by atoms with E-state index >= 15 is 0 Å². The van der Waals surface area contributed by atoms with Crippen LogP contribution in [-0.2, 0) is 6.42 Å². The van der Waals surface area contributed by atoms with Gasteiger partial charge in [0.1, 0.15) is 0 Å². The largest absolute Gasteiger partial charge is 0.491 e. The fourth-order valence-electron chi connectivity index (χ4n) is 1.52. The molecule has 0 fully saturated rings. The molecule has 0 saturated heterocycles. The highest BCUT2D eigenvalue weighted by Crippen LogP contribution is 2.22. The third-order valence-corrected chi connectivity index (χ3v) is 3.44. The molecule has 0 aromatic carbocycles. The number of thiophene rings is 1. The van der Waals surface area contributed by atoms with Crippen LogP contribution < -0.4 is 5.46 Å². The summed E-state index contributed by atoms with van der Waals surface area (Å²) in [6.45, 7) is 2.00. The van der Waals surface area contributed by atoms with Crippen molar-refractivity contribution in [2.45, 2.75) is 13.3 Å². The second-order valence-electron chi connectivity index (χ2n) is 3.02. The van der Waals surface area contributed by atoms with Crippen molar-refractivity contribution in [2.75, 3.05) is 0 Å². The van der Waals surface area contributed by atoms with Crippen LogP contribution in [0.3, 0.4) is 0 Å². The normalized spacial score (nSPS) is 10.8. The number of nitrogens with zero attached hydrogens (tertiary/aromatic N) is 1. The summed E-state index contributed by atoms with van der Waals surface area (Å²) in [7, 11) is -1.42.